The van der Waals surface area contributed by atoms with Crippen LogP contribution in [0.3, 0.4) is 0 Å². The summed E-state index contributed by atoms with van der Waals surface area (Å²) in [6, 6.07) is 13.6. The molecule has 3 aromatic rings. The summed E-state index contributed by atoms with van der Waals surface area (Å²) in [5.41, 5.74) is 6.94. The Balaban J connectivity index is 2.06. The molecule has 104 valence electrons. The van der Waals surface area contributed by atoms with Gasteiger partial charge in [0, 0.05) is 23.3 Å². The van der Waals surface area contributed by atoms with Crippen molar-refractivity contribution in [3.63, 3.8) is 0 Å². The van der Waals surface area contributed by atoms with Crippen molar-refractivity contribution < 1.29 is 5.11 Å². The first-order valence-corrected chi connectivity index (χ1v) is 7.19. The molecule has 1 aliphatic heterocycles. The first-order valence-electron chi connectivity index (χ1n) is 7.19. The molecule has 0 bridgehead atoms. The Morgan fingerprint density at radius 3 is 2.71 bits per heavy atom. The average molecular weight is 276 g/mol. The molecule has 0 saturated carbocycles. The van der Waals surface area contributed by atoms with Crippen LogP contribution in [0.5, 0.6) is 5.75 Å². The lowest BCUT2D eigenvalue weighted by atomic mass is 9.97. The number of hydrogen-bond acceptors (Lipinski definition) is 3. The van der Waals surface area contributed by atoms with E-state index in [0.29, 0.717) is 0 Å². The second-order valence-electron chi connectivity index (χ2n) is 5.47. The fourth-order valence-electron chi connectivity index (χ4n) is 3.17. The van der Waals surface area contributed by atoms with Crippen LogP contribution < -0.4 is 5.32 Å². The largest absolute Gasteiger partial charge is 0.508 e. The zero-order valence-electron chi connectivity index (χ0n) is 11.9. The predicted molar refractivity (Wildman–Crippen MR) is 85.8 cm³/mol. The summed E-state index contributed by atoms with van der Waals surface area (Å²) in [6.45, 7) is 3.05. The van der Waals surface area contributed by atoms with Gasteiger partial charge in [0.25, 0.3) is 0 Å². The molecule has 1 aromatic heterocycles. The SMILES string of the molecule is Cc1nc2cccc(-c3ccc(O)cc3)c2c2c1CCN2. The monoisotopic (exact) mass is 276 g/mol. The van der Waals surface area contributed by atoms with Crippen molar-refractivity contribution in [2.75, 3.05) is 11.9 Å². The zero-order chi connectivity index (χ0) is 14.4. The second kappa shape index (κ2) is 4.48. The molecule has 21 heavy (non-hydrogen) atoms. The summed E-state index contributed by atoms with van der Waals surface area (Å²) in [4.78, 5) is 4.76. The Morgan fingerprint density at radius 2 is 1.90 bits per heavy atom. The molecule has 0 atom stereocenters. The number of fused-ring (bicyclic) bond motifs is 3. The van der Waals surface area contributed by atoms with Gasteiger partial charge in [-0.1, -0.05) is 24.3 Å². The van der Waals surface area contributed by atoms with Crippen LogP contribution >= 0.6 is 0 Å². The molecule has 3 heteroatoms. The molecule has 0 saturated heterocycles. The van der Waals surface area contributed by atoms with Crippen molar-refractivity contribution in [1.82, 2.24) is 4.98 Å². The maximum absolute atomic E-state index is 9.48. The fourth-order valence-corrected chi connectivity index (χ4v) is 3.17. The van der Waals surface area contributed by atoms with Crippen LogP contribution in [0, 0.1) is 6.92 Å². The van der Waals surface area contributed by atoms with Gasteiger partial charge in [-0.15, -0.1) is 0 Å². The smallest absolute Gasteiger partial charge is 0.115 e. The molecule has 2 heterocycles. The predicted octanol–water partition coefficient (Wildman–Crippen LogP) is 3.88. The fraction of sp³-hybridized carbons (Fsp3) is 0.167. The number of pyridine rings is 1. The van der Waals surface area contributed by atoms with Gasteiger partial charge in [0.2, 0.25) is 0 Å². The topological polar surface area (TPSA) is 45.2 Å². The summed E-state index contributed by atoms with van der Waals surface area (Å²) in [7, 11) is 0. The molecule has 0 unspecified atom stereocenters. The van der Waals surface area contributed by atoms with Crippen LogP contribution in [0.25, 0.3) is 22.0 Å². The minimum atomic E-state index is 0.288. The Morgan fingerprint density at radius 1 is 1.10 bits per heavy atom. The van der Waals surface area contributed by atoms with E-state index in [9.17, 15) is 5.11 Å². The molecule has 0 radical (unpaired) electrons. The Bertz CT molecular complexity index is 838. The zero-order valence-corrected chi connectivity index (χ0v) is 11.9. The molecule has 2 aromatic carbocycles. The van der Waals surface area contributed by atoms with Crippen LogP contribution in [-0.4, -0.2) is 16.6 Å². The van der Waals surface area contributed by atoms with E-state index in [1.165, 1.54) is 16.6 Å². The van der Waals surface area contributed by atoms with Gasteiger partial charge in [-0.05, 0) is 48.2 Å². The van der Waals surface area contributed by atoms with E-state index in [-0.39, 0.29) is 5.75 Å². The molecule has 0 aliphatic carbocycles. The third-order valence-corrected chi connectivity index (χ3v) is 4.17. The van der Waals surface area contributed by atoms with Crippen LogP contribution in [-0.2, 0) is 6.42 Å². The van der Waals surface area contributed by atoms with Crippen molar-refractivity contribution in [2.45, 2.75) is 13.3 Å². The van der Waals surface area contributed by atoms with E-state index in [2.05, 4.69) is 24.4 Å². The summed E-state index contributed by atoms with van der Waals surface area (Å²) in [5, 5.41) is 14.2. The maximum Gasteiger partial charge on any atom is 0.115 e. The number of nitrogens with one attached hydrogen (secondary N) is 1. The lowest BCUT2D eigenvalue weighted by Crippen LogP contribution is -1.95. The molecule has 3 nitrogen and oxygen atoms in total. The Kier molecular flexibility index (Phi) is 2.61. The van der Waals surface area contributed by atoms with E-state index >= 15 is 0 Å². The number of aromatic nitrogens is 1. The molecular weight excluding hydrogens is 260 g/mol. The summed E-state index contributed by atoms with van der Waals surface area (Å²) >= 11 is 0. The molecule has 1 aliphatic rings. The number of aryl methyl sites for hydroxylation is 1. The first-order chi connectivity index (χ1) is 10.2. The highest BCUT2D eigenvalue weighted by atomic mass is 16.3. The van der Waals surface area contributed by atoms with Crippen molar-refractivity contribution in [2.24, 2.45) is 0 Å². The highest BCUT2D eigenvalue weighted by Gasteiger charge is 2.19. The second-order valence-corrected chi connectivity index (χ2v) is 5.47. The molecule has 0 amide bonds. The number of phenols is 1. The highest BCUT2D eigenvalue weighted by molar-refractivity contribution is 6.05. The van der Waals surface area contributed by atoms with E-state index in [1.807, 2.05) is 18.2 Å². The van der Waals surface area contributed by atoms with Gasteiger partial charge in [0.15, 0.2) is 0 Å². The third kappa shape index (κ3) is 1.85. The minimum absolute atomic E-state index is 0.288. The van der Waals surface area contributed by atoms with Gasteiger partial charge in [0.1, 0.15) is 5.75 Å². The number of hydrogen-bond donors (Lipinski definition) is 2. The first kappa shape index (κ1) is 12.2. The van der Waals surface area contributed by atoms with E-state index in [1.54, 1.807) is 12.1 Å². The standard InChI is InChI=1S/C18H16N2O/c1-11-14-9-10-19-18(14)17-15(3-2-4-16(17)20-11)12-5-7-13(21)8-6-12/h2-8,19,21H,9-10H2,1H3. The molecule has 0 spiro atoms. The number of anilines is 1. The van der Waals surface area contributed by atoms with Crippen LogP contribution in [0.15, 0.2) is 42.5 Å². The van der Waals surface area contributed by atoms with Crippen LogP contribution in [0.4, 0.5) is 5.69 Å². The van der Waals surface area contributed by atoms with Crippen molar-refractivity contribution in [1.29, 1.82) is 0 Å². The minimum Gasteiger partial charge on any atom is -0.508 e. The number of nitrogens with zero attached hydrogens (tertiary/aromatic N) is 1. The summed E-state index contributed by atoms with van der Waals surface area (Å²) in [5.74, 6) is 0.288. The van der Waals surface area contributed by atoms with Gasteiger partial charge < -0.3 is 10.4 Å². The molecule has 0 fully saturated rings. The number of benzene rings is 2. The van der Waals surface area contributed by atoms with Crippen molar-refractivity contribution in [3.05, 3.63) is 53.7 Å². The lowest BCUT2D eigenvalue weighted by Gasteiger charge is -2.13. The van der Waals surface area contributed by atoms with Gasteiger partial charge in [0.05, 0.1) is 5.52 Å². The summed E-state index contributed by atoms with van der Waals surface area (Å²) < 4.78 is 0. The number of rotatable bonds is 1. The quantitative estimate of drug-likeness (QED) is 0.709. The normalized spacial score (nSPS) is 13.2. The molecular formula is C18H16N2O. The average Bonchev–Trinajstić information content (AvgIpc) is 2.98. The Labute approximate surface area is 123 Å². The van der Waals surface area contributed by atoms with E-state index < -0.39 is 0 Å². The summed E-state index contributed by atoms with van der Waals surface area (Å²) in [6.07, 6.45) is 1.04. The molecule has 4 rings (SSSR count). The van der Waals surface area contributed by atoms with Gasteiger partial charge in [-0.2, -0.15) is 0 Å². The van der Waals surface area contributed by atoms with E-state index in [4.69, 9.17) is 4.98 Å². The molecule has 2 N–H and O–H groups in total. The highest BCUT2D eigenvalue weighted by Crippen LogP contribution is 2.38. The third-order valence-electron chi connectivity index (χ3n) is 4.17. The lowest BCUT2D eigenvalue weighted by molar-refractivity contribution is 0.475. The van der Waals surface area contributed by atoms with Gasteiger partial charge in [-0.25, -0.2) is 0 Å². The van der Waals surface area contributed by atoms with Crippen molar-refractivity contribution in [3.8, 4) is 16.9 Å². The maximum atomic E-state index is 9.48. The van der Waals surface area contributed by atoms with Gasteiger partial charge >= 0.3 is 0 Å². The Hall–Kier alpha value is -2.55. The van der Waals surface area contributed by atoms with Crippen LogP contribution in [0.2, 0.25) is 0 Å². The van der Waals surface area contributed by atoms with Gasteiger partial charge in [-0.3, -0.25) is 4.98 Å². The number of aromatic hydroxyl groups is 1. The number of phenolic OH excluding ortho intramolecular Hbond substituents is 1. The van der Waals surface area contributed by atoms with E-state index in [0.717, 1.165) is 35.3 Å². The van der Waals surface area contributed by atoms with Crippen molar-refractivity contribution >= 4 is 16.6 Å². The van der Waals surface area contributed by atoms with Crippen LogP contribution in [0.1, 0.15) is 11.3 Å².